The van der Waals surface area contributed by atoms with E-state index in [-0.39, 0.29) is 24.3 Å². The van der Waals surface area contributed by atoms with Gasteiger partial charge in [0.05, 0.1) is 28.2 Å². The van der Waals surface area contributed by atoms with Crippen molar-refractivity contribution in [3.8, 4) is 5.69 Å². The lowest BCUT2D eigenvalue weighted by Crippen LogP contribution is -2.30. The number of benzene rings is 4. The third-order valence-electron chi connectivity index (χ3n) is 5.77. The van der Waals surface area contributed by atoms with Gasteiger partial charge in [0.15, 0.2) is 0 Å². The molecule has 0 spiro atoms. The highest BCUT2D eigenvalue weighted by atomic mass is 35.5. The first-order chi connectivity index (χ1) is 17.0. The molecule has 0 amide bonds. The Morgan fingerprint density at radius 3 is 2.31 bits per heavy atom. The van der Waals surface area contributed by atoms with Crippen molar-refractivity contribution < 1.29 is 8.78 Å². The van der Waals surface area contributed by atoms with Crippen LogP contribution in [0.2, 0.25) is 5.02 Å². The Bertz CT molecular complexity index is 1570. The van der Waals surface area contributed by atoms with Crippen molar-refractivity contribution in [1.82, 2.24) is 9.55 Å². The fraction of sp³-hybridized carbons (Fsp3) is 0.0714. The van der Waals surface area contributed by atoms with Crippen LogP contribution in [0.1, 0.15) is 11.4 Å². The van der Waals surface area contributed by atoms with Gasteiger partial charge in [-0.15, -0.1) is 0 Å². The highest BCUT2D eigenvalue weighted by Crippen LogP contribution is 2.25. The zero-order valence-corrected chi connectivity index (χ0v) is 19.3. The summed E-state index contributed by atoms with van der Waals surface area (Å²) < 4.78 is 30.0. The molecule has 4 nitrogen and oxygen atoms in total. The zero-order valence-electron chi connectivity index (χ0n) is 18.5. The first kappa shape index (κ1) is 22.7. The summed E-state index contributed by atoms with van der Waals surface area (Å²) in [5.41, 5.74) is 1.71. The molecule has 0 N–H and O–H groups in total. The average Bonchev–Trinajstić information content (AvgIpc) is 2.87. The van der Waals surface area contributed by atoms with E-state index in [1.165, 1.54) is 28.8 Å². The molecular formula is C28H20ClF2N3O. The van der Waals surface area contributed by atoms with Gasteiger partial charge in [0.1, 0.15) is 17.5 Å². The Hall–Kier alpha value is -4.03. The van der Waals surface area contributed by atoms with E-state index < -0.39 is 11.4 Å². The number of fused-ring (bicyclic) bond motifs is 1. The van der Waals surface area contributed by atoms with Gasteiger partial charge < -0.3 is 4.90 Å². The third kappa shape index (κ3) is 4.66. The van der Waals surface area contributed by atoms with Gasteiger partial charge in [-0.2, -0.15) is 0 Å². The smallest absolute Gasteiger partial charge is 0.266 e. The number of hydrogen-bond acceptors (Lipinski definition) is 3. The summed E-state index contributed by atoms with van der Waals surface area (Å²) >= 11 is 6.46. The lowest BCUT2D eigenvalue weighted by atomic mass is 10.1. The second kappa shape index (κ2) is 9.68. The van der Waals surface area contributed by atoms with Crippen molar-refractivity contribution in [3.05, 3.63) is 135 Å². The molecule has 0 aliphatic heterocycles. The molecule has 0 unspecified atom stereocenters. The van der Waals surface area contributed by atoms with E-state index in [9.17, 15) is 13.6 Å². The van der Waals surface area contributed by atoms with Crippen molar-refractivity contribution in [2.24, 2.45) is 0 Å². The third-order valence-corrected chi connectivity index (χ3v) is 6.09. The lowest BCUT2D eigenvalue weighted by molar-refractivity contribution is 0.601. The van der Waals surface area contributed by atoms with E-state index in [4.69, 9.17) is 16.6 Å². The standard InChI is InChI=1S/C28H20ClF2N3O/c29-23-11-5-7-13-26(23)34-27(32-25-15-14-20(30)16-22(25)28(34)35)18-33(21-9-2-1-3-10-21)17-19-8-4-6-12-24(19)31/h1-16H,17-18H2. The normalized spacial score (nSPS) is 11.1. The lowest BCUT2D eigenvalue weighted by Gasteiger charge is -2.26. The predicted octanol–water partition coefficient (Wildman–Crippen LogP) is 6.52. The summed E-state index contributed by atoms with van der Waals surface area (Å²) in [5.74, 6) is -0.457. The highest BCUT2D eigenvalue weighted by molar-refractivity contribution is 6.32. The van der Waals surface area contributed by atoms with Crippen molar-refractivity contribution >= 4 is 28.2 Å². The molecule has 0 radical (unpaired) electrons. The average molecular weight is 488 g/mol. The van der Waals surface area contributed by atoms with Crippen LogP contribution in [0.4, 0.5) is 14.5 Å². The molecule has 35 heavy (non-hydrogen) atoms. The Morgan fingerprint density at radius 1 is 0.829 bits per heavy atom. The highest BCUT2D eigenvalue weighted by Gasteiger charge is 2.19. The van der Waals surface area contributed by atoms with Crippen LogP contribution in [0, 0.1) is 11.6 Å². The molecule has 5 rings (SSSR count). The summed E-state index contributed by atoms with van der Waals surface area (Å²) in [6.45, 7) is 0.419. The molecule has 0 atom stereocenters. The van der Waals surface area contributed by atoms with Gasteiger partial charge in [-0.25, -0.2) is 13.8 Å². The molecule has 1 heterocycles. The van der Waals surface area contributed by atoms with Crippen molar-refractivity contribution in [2.75, 3.05) is 4.90 Å². The first-order valence-electron chi connectivity index (χ1n) is 11.0. The Labute approximate surface area is 205 Å². The van der Waals surface area contributed by atoms with Crippen LogP contribution < -0.4 is 10.5 Å². The van der Waals surface area contributed by atoms with E-state index >= 15 is 0 Å². The molecule has 4 aromatic carbocycles. The Kier molecular flexibility index (Phi) is 6.29. The van der Waals surface area contributed by atoms with Crippen molar-refractivity contribution in [3.63, 3.8) is 0 Å². The number of aromatic nitrogens is 2. The molecule has 0 saturated carbocycles. The largest absolute Gasteiger partial charge is 0.360 e. The first-order valence-corrected chi connectivity index (χ1v) is 11.4. The molecule has 0 bridgehead atoms. The van der Waals surface area contributed by atoms with Crippen LogP contribution in [0.5, 0.6) is 0 Å². The quantitative estimate of drug-likeness (QED) is 0.273. The molecule has 1 aromatic heterocycles. The number of halogens is 3. The van der Waals surface area contributed by atoms with Gasteiger partial charge in [-0.3, -0.25) is 9.36 Å². The number of nitrogens with zero attached hydrogens (tertiary/aromatic N) is 3. The molecule has 0 aliphatic carbocycles. The molecule has 7 heteroatoms. The second-order valence-corrected chi connectivity index (χ2v) is 8.47. The predicted molar refractivity (Wildman–Crippen MR) is 135 cm³/mol. The summed E-state index contributed by atoms with van der Waals surface area (Å²) in [7, 11) is 0. The van der Waals surface area contributed by atoms with Gasteiger partial charge in [0.2, 0.25) is 0 Å². The van der Waals surface area contributed by atoms with E-state index in [0.717, 1.165) is 5.69 Å². The van der Waals surface area contributed by atoms with Crippen LogP contribution in [0.3, 0.4) is 0 Å². The number of rotatable bonds is 6. The van der Waals surface area contributed by atoms with Crippen molar-refractivity contribution in [1.29, 1.82) is 0 Å². The second-order valence-electron chi connectivity index (χ2n) is 8.06. The van der Waals surface area contributed by atoms with Gasteiger partial charge >= 0.3 is 0 Å². The molecule has 5 aromatic rings. The number of anilines is 1. The maximum absolute atomic E-state index is 14.6. The molecule has 0 aliphatic rings. The van der Waals surface area contributed by atoms with Crippen LogP contribution in [0.25, 0.3) is 16.6 Å². The molecule has 0 saturated heterocycles. The topological polar surface area (TPSA) is 38.1 Å². The fourth-order valence-electron chi connectivity index (χ4n) is 4.07. The van der Waals surface area contributed by atoms with Gasteiger partial charge in [0.25, 0.3) is 5.56 Å². The number of hydrogen-bond donors (Lipinski definition) is 0. The Balaban J connectivity index is 1.70. The fourth-order valence-corrected chi connectivity index (χ4v) is 4.29. The minimum absolute atomic E-state index is 0.147. The summed E-state index contributed by atoms with van der Waals surface area (Å²) in [4.78, 5) is 20.3. The molecule has 0 fully saturated rings. The molecule has 174 valence electrons. The summed E-state index contributed by atoms with van der Waals surface area (Å²) in [6.07, 6.45) is 0. The monoisotopic (exact) mass is 487 g/mol. The van der Waals surface area contributed by atoms with E-state index in [1.54, 1.807) is 42.5 Å². The van der Waals surface area contributed by atoms with Crippen LogP contribution in [0.15, 0.2) is 102 Å². The minimum atomic E-state index is -0.527. The van der Waals surface area contributed by atoms with E-state index in [1.807, 2.05) is 35.2 Å². The summed E-state index contributed by atoms with van der Waals surface area (Å²) in [6, 6.07) is 26.9. The Morgan fingerprint density at radius 2 is 1.54 bits per heavy atom. The minimum Gasteiger partial charge on any atom is -0.360 e. The molecular weight excluding hydrogens is 468 g/mol. The van der Waals surface area contributed by atoms with Gasteiger partial charge in [-0.05, 0) is 48.5 Å². The zero-order chi connectivity index (χ0) is 24.4. The van der Waals surface area contributed by atoms with Crippen LogP contribution in [-0.4, -0.2) is 9.55 Å². The van der Waals surface area contributed by atoms with Crippen molar-refractivity contribution in [2.45, 2.75) is 13.1 Å². The van der Waals surface area contributed by atoms with E-state index in [0.29, 0.717) is 27.6 Å². The summed E-state index contributed by atoms with van der Waals surface area (Å²) in [5, 5.41) is 0.503. The number of para-hydroxylation sites is 2. The van der Waals surface area contributed by atoms with Gasteiger partial charge in [-0.1, -0.05) is 60.1 Å². The van der Waals surface area contributed by atoms with Crippen LogP contribution in [-0.2, 0) is 13.1 Å². The maximum Gasteiger partial charge on any atom is 0.266 e. The van der Waals surface area contributed by atoms with E-state index in [2.05, 4.69) is 0 Å². The SMILES string of the molecule is O=c1c2cc(F)ccc2nc(CN(Cc2ccccc2F)c2ccccc2)n1-c1ccccc1Cl. The van der Waals surface area contributed by atoms with Gasteiger partial charge in [0, 0.05) is 17.8 Å². The van der Waals surface area contributed by atoms with Crippen LogP contribution >= 0.6 is 11.6 Å². The maximum atomic E-state index is 14.6.